The van der Waals surface area contributed by atoms with Crippen molar-refractivity contribution in [1.82, 2.24) is 0 Å². The van der Waals surface area contributed by atoms with Crippen molar-refractivity contribution in [2.24, 2.45) is 0 Å². The minimum Gasteiger partial charge on any atom is -0.497 e. The smallest absolute Gasteiger partial charge is 0.120 e. The quantitative estimate of drug-likeness (QED) is 0.555. The number of rotatable bonds is 10. The van der Waals surface area contributed by atoms with Gasteiger partial charge in [0.2, 0.25) is 0 Å². The normalized spacial score (nSPS) is 11.5. The van der Waals surface area contributed by atoms with Crippen molar-refractivity contribution in [3.8, 4) is 17.2 Å². The summed E-state index contributed by atoms with van der Waals surface area (Å²) in [6.07, 6.45) is -0.629. The number of aliphatic hydroxyl groups is 1. The Hall–Kier alpha value is -3.18. The first-order valence-electron chi connectivity index (χ1n) is 9.18. The molecule has 0 aliphatic rings. The van der Waals surface area contributed by atoms with Crippen molar-refractivity contribution < 1.29 is 19.3 Å². The molecule has 3 aromatic carbocycles. The number of ether oxygens (including phenoxy) is 3. The van der Waals surface area contributed by atoms with E-state index in [9.17, 15) is 5.11 Å². The molecule has 0 saturated carbocycles. The molecular weight excluding hydrogens is 354 g/mol. The Morgan fingerprint density at radius 1 is 0.786 bits per heavy atom. The van der Waals surface area contributed by atoms with Gasteiger partial charge in [0, 0.05) is 12.2 Å². The maximum absolute atomic E-state index is 10.1. The zero-order valence-electron chi connectivity index (χ0n) is 15.9. The largest absolute Gasteiger partial charge is 0.497 e. The van der Waals surface area contributed by atoms with Crippen molar-refractivity contribution in [2.45, 2.75) is 12.7 Å². The van der Waals surface area contributed by atoms with Crippen molar-refractivity contribution >= 4 is 5.69 Å². The van der Waals surface area contributed by atoms with Crippen molar-refractivity contribution in [2.75, 3.05) is 25.6 Å². The Balaban J connectivity index is 1.38. The first-order chi connectivity index (χ1) is 13.7. The summed E-state index contributed by atoms with van der Waals surface area (Å²) in [6, 6.07) is 25.0. The highest BCUT2D eigenvalue weighted by molar-refractivity contribution is 5.46. The molecule has 0 fully saturated rings. The maximum atomic E-state index is 10.1. The summed E-state index contributed by atoms with van der Waals surface area (Å²) in [6.45, 7) is 1.12. The zero-order valence-corrected chi connectivity index (χ0v) is 15.9. The van der Waals surface area contributed by atoms with Crippen LogP contribution in [0.5, 0.6) is 17.2 Å². The van der Waals surface area contributed by atoms with Gasteiger partial charge in [-0.05, 0) is 54.1 Å². The Morgan fingerprint density at radius 2 is 1.39 bits per heavy atom. The summed E-state index contributed by atoms with van der Waals surface area (Å²) < 4.78 is 16.5. The van der Waals surface area contributed by atoms with Crippen LogP contribution in [0.1, 0.15) is 5.56 Å². The maximum Gasteiger partial charge on any atom is 0.120 e. The molecule has 2 N–H and O–H groups in total. The minimum absolute atomic E-state index is 0.202. The number of methoxy groups -OCH3 is 1. The number of hydrogen-bond acceptors (Lipinski definition) is 5. The van der Waals surface area contributed by atoms with Gasteiger partial charge in [0.1, 0.15) is 36.6 Å². The highest BCUT2D eigenvalue weighted by Gasteiger charge is 2.06. The highest BCUT2D eigenvalue weighted by atomic mass is 16.5. The summed E-state index contributed by atoms with van der Waals surface area (Å²) in [7, 11) is 1.63. The molecule has 0 saturated heterocycles. The first kappa shape index (κ1) is 19.6. The second kappa shape index (κ2) is 10.2. The van der Waals surface area contributed by atoms with Gasteiger partial charge in [-0.15, -0.1) is 0 Å². The third-order valence-electron chi connectivity index (χ3n) is 4.15. The topological polar surface area (TPSA) is 60.0 Å². The Bertz CT molecular complexity index is 819. The minimum atomic E-state index is -0.629. The van der Waals surface area contributed by atoms with Crippen molar-refractivity contribution in [1.29, 1.82) is 0 Å². The lowest BCUT2D eigenvalue weighted by Crippen LogP contribution is -2.26. The standard InChI is InChI=1S/C23H25NO4/c1-26-21-9-7-19(8-10-21)24-15-20(25)17-28-23-13-11-22(12-14-23)27-16-18-5-3-2-4-6-18/h2-14,20,24-25H,15-17H2,1H3/t20-/m1/s1. The molecule has 3 rings (SSSR count). The number of aliphatic hydroxyl groups excluding tert-OH is 1. The van der Waals surface area contributed by atoms with Crippen LogP contribution in [-0.2, 0) is 6.61 Å². The van der Waals surface area contributed by atoms with Gasteiger partial charge in [-0.3, -0.25) is 0 Å². The molecular formula is C23H25NO4. The SMILES string of the molecule is COc1ccc(NC[C@@H](O)COc2ccc(OCc3ccccc3)cc2)cc1. The van der Waals surface area contributed by atoms with E-state index in [1.807, 2.05) is 78.9 Å². The van der Waals surface area contributed by atoms with E-state index in [0.29, 0.717) is 18.9 Å². The lowest BCUT2D eigenvalue weighted by molar-refractivity contribution is 0.117. The van der Waals surface area contributed by atoms with E-state index in [0.717, 1.165) is 22.7 Å². The van der Waals surface area contributed by atoms with Gasteiger partial charge >= 0.3 is 0 Å². The molecule has 146 valence electrons. The second-order valence-corrected chi connectivity index (χ2v) is 6.32. The van der Waals surface area contributed by atoms with Crippen LogP contribution in [0.2, 0.25) is 0 Å². The van der Waals surface area contributed by atoms with Gasteiger partial charge in [-0.2, -0.15) is 0 Å². The fraction of sp³-hybridized carbons (Fsp3) is 0.217. The molecule has 5 heteroatoms. The summed E-state index contributed by atoms with van der Waals surface area (Å²) in [5, 5.41) is 13.3. The van der Waals surface area contributed by atoms with Crippen molar-refractivity contribution in [3.05, 3.63) is 84.4 Å². The van der Waals surface area contributed by atoms with Crippen LogP contribution >= 0.6 is 0 Å². The molecule has 0 aromatic heterocycles. The van der Waals surface area contributed by atoms with E-state index in [1.54, 1.807) is 7.11 Å². The lowest BCUT2D eigenvalue weighted by atomic mass is 10.2. The van der Waals surface area contributed by atoms with E-state index in [-0.39, 0.29) is 6.61 Å². The fourth-order valence-corrected chi connectivity index (χ4v) is 2.57. The van der Waals surface area contributed by atoms with Crippen molar-refractivity contribution in [3.63, 3.8) is 0 Å². The fourth-order valence-electron chi connectivity index (χ4n) is 2.57. The van der Waals surface area contributed by atoms with Crippen LogP contribution in [0, 0.1) is 0 Å². The van der Waals surface area contributed by atoms with Gasteiger partial charge in [0.25, 0.3) is 0 Å². The third kappa shape index (κ3) is 6.21. The summed E-state index contributed by atoms with van der Waals surface area (Å²) in [5.74, 6) is 2.26. The average molecular weight is 379 g/mol. The van der Waals surface area contributed by atoms with E-state index in [4.69, 9.17) is 14.2 Å². The molecule has 0 bridgehead atoms. The molecule has 0 radical (unpaired) electrons. The molecule has 0 aliphatic carbocycles. The molecule has 1 atom stereocenters. The van der Waals surface area contributed by atoms with Crippen LogP contribution in [-0.4, -0.2) is 31.5 Å². The predicted molar refractivity (Wildman–Crippen MR) is 110 cm³/mol. The highest BCUT2D eigenvalue weighted by Crippen LogP contribution is 2.19. The summed E-state index contributed by atoms with van der Waals surface area (Å²) in [5.41, 5.74) is 2.04. The van der Waals surface area contributed by atoms with Crippen LogP contribution in [0.3, 0.4) is 0 Å². The monoisotopic (exact) mass is 379 g/mol. The van der Waals surface area contributed by atoms with Crippen LogP contribution in [0.4, 0.5) is 5.69 Å². The van der Waals surface area contributed by atoms with E-state index in [2.05, 4.69) is 5.32 Å². The molecule has 0 heterocycles. The number of nitrogens with one attached hydrogen (secondary N) is 1. The third-order valence-corrected chi connectivity index (χ3v) is 4.15. The second-order valence-electron chi connectivity index (χ2n) is 6.32. The first-order valence-corrected chi connectivity index (χ1v) is 9.18. The summed E-state index contributed by atoms with van der Waals surface area (Å²) in [4.78, 5) is 0. The van der Waals surface area contributed by atoms with Gasteiger partial charge in [0.05, 0.1) is 7.11 Å². The van der Waals surface area contributed by atoms with Gasteiger partial charge in [-0.25, -0.2) is 0 Å². The van der Waals surface area contributed by atoms with Crippen LogP contribution in [0.25, 0.3) is 0 Å². The molecule has 28 heavy (non-hydrogen) atoms. The van der Waals surface area contributed by atoms with Gasteiger partial charge in [-0.1, -0.05) is 30.3 Å². The molecule has 0 spiro atoms. The molecule has 0 unspecified atom stereocenters. The molecule has 5 nitrogen and oxygen atoms in total. The Kier molecular flexibility index (Phi) is 7.15. The lowest BCUT2D eigenvalue weighted by Gasteiger charge is -2.14. The summed E-state index contributed by atoms with van der Waals surface area (Å²) >= 11 is 0. The average Bonchev–Trinajstić information content (AvgIpc) is 2.76. The van der Waals surface area contributed by atoms with Crippen LogP contribution in [0.15, 0.2) is 78.9 Å². The van der Waals surface area contributed by atoms with E-state index < -0.39 is 6.10 Å². The van der Waals surface area contributed by atoms with Crippen LogP contribution < -0.4 is 19.5 Å². The number of benzene rings is 3. The predicted octanol–water partition coefficient (Wildman–Crippen LogP) is 4.13. The Labute approximate surface area is 165 Å². The molecule has 0 aliphatic heterocycles. The molecule has 0 amide bonds. The number of anilines is 1. The van der Waals surface area contributed by atoms with E-state index in [1.165, 1.54) is 0 Å². The van der Waals surface area contributed by atoms with E-state index >= 15 is 0 Å². The van der Waals surface area contributed by atoms with Gasteiger partial charge in [0.15, 0.2) is 0 Å². The molecule has 3 aromatic rings. The number of hydrogen-bond donors (Lipinski definition) is 2. The van der Waals surface area contributed by atoms with Gasteiger partial charge < -0.3 is 24.6 Å². The zero-order chi connectivity index (χ0) is 19.6. The Morgan fingerprint density at radius 3 is 2.04 bits per heavy atom.